The van der Waals surface area contributed by atoms with Gasteiger partial charge in [-0.3, -0.25) is 30.3 Å². The van der Waals surface area contributed by atoms with Gasteiger partial charge in [-0.05, 0) is 0 Å². The molecular weight excluding hydrogens is 252 g/mol. The Morgan fingerprint density at radius 2 is 0.944 bits per heavy atom. The lowest BCUT2D eigenvalue weighted by Crippen LogP contribution is -2.10. The third-order valence-corrected chi connectivity index (χ3v) is 1.89. The smallest absolute Gasteiger partial charge is 0.329 e. The first-order valence-electron chi connectivity index (χ1n) is 6.62. The monoisotopic (exact) mass is 264 g/mol. The van der Waals surface area contributed by atoms with E-state index < -0.39 is 66.1 Å². The number of nitrogen functional groups attached to an aromatic ring is 3. The van der Waals surface area contributed by atoms with Crippen molar-refractivity contribution in [2.24, 2.45) is 0 Å². The molecule has 0 heterocycles. The first-order chi connectivity index (χ1) is 10.9. The number of benzene rings is 1. The molecule has 0 saturated carbocycles. The van der Waals surface area contributed by atoms with Gasteiger partial charge in [-0.25, -0.2) is 0 Å². The highest BCUT2D eigenvalue weighted by Crippen LogP contribution is 2.48. The summed E-state index contributed by atoms with van der Waals surface area (Å²) in [5.41, 5.74) is -11.0. The Balaban J connectivity index is 4.37. The molecule has 0 bridgehead atoms. The summed E-state index contributed by atoms with van der Waals surface area (Å²) in [6.07, 6.45) is 0. The molecule has 96 valence electrons. The van der Waals surface area contributed by atoms with Gasteiger partial charge in [0.2, 0.25) is 0 Å². The molecule has 18 heavy (non-hydrogen) atoms. The molecule has 0 aliphatic carbocycles. The van der Waals surface area contributed by atoms with Crippen LogP contribution < -0.4 is 17.2 Å². The molecule has 0 amide bonds. The van der Waals surface area contributed by atoms with E-state index in [0.717, 1.165) is 0 Å². The lowest BCUT2D eigenvalue weighted by Gasteiger charge is -2.06. The predicted octanol–water partition coefficient (Wildman–Crippen LogP) is 0.158. The van der Waals surface area contributed by atoms with E-state index in [1.807, 2.05) is 0 Å². The Hall–Kier alpha value is -3.18. The molecule has 0 atom stereocenters. The second-order valence-corrected chi connectivity index (χ2v) is 2.86. The van der Waals surface area contributed by atoms with E-state index in [1.165, 1.54) is 0 Å². The maximum atomic E-state index is 11.1. The van der Waals surface area contributed by atoms with Crippen LogP contribution in [0.25, 0.3) is 0 Å². The molecule has 1 rings (SSSR count). The highest BCUT2D eigenvalue weighted by atomic mass is 16.6. The van der Waals surface area contributed by atoms with Crippen molar-refractivity contribution in [2.75, 3.05) is 17.2 Å². The predicted molar refractivity (Wildman–Crippen MR) is 59.6 cm³/mol. The van der Waals surface area contributed by atoms with E-state index in [0.29, 0.717) is 0 Å². The molecule has 0 unspecified atom stereocenters. The summed E-state index contributed by atoms with van der Waals surface area (Å²) < 4.78 is 42.5. The van der Waals surface area contributed by atoms with E-state index in [4.69, 9.17) is 8.47 Å². The van der Waals surface area contributed by atoms with Crippen LogP contribution >= 0.6 is 0 Å². The molecule has 0 aromatic heterocycles. The summed E-state index contributed by atoms with van der Waals surface area (Å²) in [6, 6.07) is 0. The van der Waals surface area contributed by atoms with E-state index in [1.54, 1.807) is 0 Å². The molecule has 1 aromatic rings. The lowest BCUT2D eigenvalue weighted by atomic mass is 10.1. The van der Waals surface area contributed by atoms with Gasteiger partial charge in [0, 0.05) is 0 Å². The Morgan fingerprint density at radius 1 is 0.722 bits per heavy atom. The highest BCUT2D eigenvalue weighted by Gasteiger charge is 2.38. The van der Waals surface area contributed by atoms with Gasteiger partial charge in [-0.2, -0.15) is 0 Å². The summed E-state index contributed by atoms with van der Waals surface area (Å²) in [7, 11) is 0. The number of nitro benzene ring substituents is 3. The minimum absolute atomic E-state index is 0.625. The van der Waals surface area contributed by atoms with Crippen molar-refractivity contribution >= 4 is 34.1 Å². The summed E-state index contributed by atoms with van der Waals surface area (Å²) in [4.78, 5) is 29.1. The molecule has 0 radical (unpaired) electrons. The minimum atomic E-state index is -1.60. The van der Waals surface area contributed by atoms with Gasteiger partial charge in [-0.1, -0.05) is 0 Å². The molecule has 6 N–H and O–H groups in total. The maximum absolute atomic E-state index is 11.1. The molecule has 1 aromatic carbocycles. The molecule has 0 aliphatic rings. The molecule has 0 saturated heterocycles. The summed E-state index contributed by atoms with van der Waals surface area (Å²) in [6.45, 7) is 0. The van der Waals surface area contributed by atoms with Crippen molar-refractivity contribution in [3.63, 3.8) is 0 Å². The fraction of sp³-hybridized carbons (Fsp3) is 0. The van der Waals surface area contributed by atoms with E-state index >= 15 is 0 Å². The second kappa shape index (κ2) is 4.00. The zero-order valence-electron chi connectivity index (χ0n) is 14.1. The SMILES string of the molecule is [2H]N([2H])c1c([N+](=O)[O-])c(N([2H])[2H])c([N+](=O)[O-])c(N([2H])[2H])c1[N+](=O)[O-]. The van der Waals surface area contributed by atoms with Crippen molar-refractivity contribution in [1.82, 2.24) is 0 Å². The Labute approximate surface area is 106 Å². The van der Waals surface area contributed by atoms with Gasteiger partial charge in [-0.15, -0.1) is 0 Å². The molecular formula is C6H6N6O6. The van der Waals surface area contributed by atoms with Crippen molar-refractivity contribution in [3.8, 4) is 0 Å². The third-order valence-electron chi connectivity index (χ3n) is 1.89. The number of nitro groups is 3. The van der Waals surface area contributed by atoms with Crippen LogP contribution in [0.4, 0.5) is 34.1 Å². The molecule has 0 aliphatic heterocycles. The second-order valence-electron chi connectivity index (χ2n) is 2.86. The van der Waals surface area contributed by atoms with Crippen molar-refractivity contribution in [3.05, 3.63) is 30.3 Å². The molecule has 0 fully saturated rings. The van der Waals surface area contributed by atoms with Gasteiger partial charge in [0.1, 0.15) is 0 Å². The first-order valence-corrected chi connectivity index (χ1v) is 3.94. The first kappa shape index (κ1) is 6.53. The van der Waals surface area contributed by atoms with Crippen LogP contribution in [0.2, 0.25) is 8.47 Å². The van der Waals surface area contributed by atoms with E-state index in [9.17, 15) is 30.3 Å². The molecule has 12 nitrogen and oxygen atoms in total. The van der Waals surface area contributed by atoms with Crippen LogP contribution in [0.1, 0.15) is 0 Å². The van der Waals surface area contributed by atoms with Crippen molar-refractivity contribution in [2.45, 2.75) is 0 Å². The number of rotatable bonds is 6. The average molecular weight is 264 g/mol. The van der Waals surface area contributed by atoms with Gasteiger partial charge in [0.15, 0.2) is 25.5 Å². The van der Waals surface area contributed by atoms with E-state index in [-0.39, 0.29) is 0 Å². The van der Waals surface area contributed by atoms with Crippen LogP contribution in [-0.4, -0.2) is 14.8 Å². The third kappa shape index (κ3) is 1.66. The number of nitrogens with zero attached hydrogens (tertiary/aromatic N) is 3. The number of anilines is 3. The maximum Gasteiger partial charge on any atom is 0.329 e. The quantitative estimate of drug-likeness (QED) is 0.362. The Morgan fingerprint density at radius 3 is 1.06 bits per heavy atom. The Kier molecular flexibility index (Phi) is 1.45. The number of hydrogen-bond donors (Lipinski definition) is 3. The van der Waals surface area contributed by atoms with Crippen LogP contribution in [0.5, 0.6) is 0 Å². The molecule has 0 spiro atoms. The number of nitrogens with two attached hydrogens (primary N) is 3. The summed E-state index contributed by atoms with van der Waals surface area (Å²) in [5, 5.41) is 33.4. The largest absolute Gasteiger partial charge is 0.387 e. The summed E-state index contributed by atoms with van der Waals surface area (Å²) in [5.74, 6) is 0. The molecule has 12 heteroatoms. The average Bonchev–Trinajstić information content (AvgIpc) is 2.42. The normalized spacial score (nSPS) is 14.0. The number of hydrogen-bond acceptors (Lipinski definition) is 9. The van der Waals surface area contributed by atoms with Gasteiger partial charge < -0.3 is 17.2 Å². The van der Waals surface area contributed by atoms with Crippen molar-refractivity contribution in [1.29, 1.82) is 0 Å². The topological polar surface area (TPSA) is 207 Å². The van der Waals surface area contributed by atoms with Crippen LogP contribution in [-0.2, 0) is 0 Å². The van der Waals surface area contributed by atoms with Crippen LogP contribution in [0.3, 0.4) is 0 Å². The fourth-order valence-corrected chi connectivity index (χ4v) is 1.19. The van der Waals surface area contributed by atoms with Crippen LogP contribution in [0, 0.1) is 30.3 Å². The zero-order chi connectivity index (χ0) is 18.9. The fourth-order valence-electron chi connectivity index (χ4n) is 1.19. The lowest BCUT2D eigenvalue weighted by molar-refractivity contribution is -0.399. The highest BCUT2D eigenvalue weighted by molar-refractivity contribution is 5.96. The van der Waals surface area contributed by atoms with Gasteiger partial charge in [0.05, 0.1) is 14.8 Å². The van der Waals surface area contributed by atoms with Gasteiger partial charge >= 0.3 is 17.1 Å². The van der Waals surface area contributed by atoms with Crippen molar-refractivity contribution < 1.29 is 23.2 Å². The summed E-state index contributed by atoms with van der Waals surface area (Å²) >= 11 is 0. The zero-order valence-corrected chi connectivity index (χ0v) is 8.13. The van der Waals surface area contributed by atoms with Crippen LogP contribution in [0.15, 0.2) is 0 Å². The van der Waals surface area contributed by atoms with Gasteiger partial charge in [0.25, 0.3) is 0 Å². The standard InChI is InChI=1S/C6H6N6O6/c7-1-4(10(13)14)2(8)6(12(17)18)3(9)5(1)11(15)16/h7-9H2/i/hD6. The van der Waals surface area contributed by atoms with E-state index in [2.05, 4.69) is 0 Å². The Bertz CT molecular complexity index is 610. The minimum Gasteiger partial charge on any atom is -0.387 e.